The first-order valence-electron chi connectivity index (χ1n) is 7.45. The van der Waals surface area contributed by atoms with Crippen LogP contribution in [0, 0.1) is 0 Å². The summed E-state index contributed by atoms with van der Waals surface area (Å²) >= 11 is 3.54. The van der Waals surface area contributed by atoms with Gasteiger partial charge in [-0.15, -0.1) is 0 Å². The van der Waals surface area contributed by atoms with Gasteiger partial charge < -0.3 is 4.90 Å². The quantitative estimate of drug-likeness (QED) is 0.763. The number of hydrogen-bond donors (Lipinski definition) is 0. The molecule has 2 nitrogen and oxygen atoms in total. The molecule has 3 heteroatoms. The molecule has 1 aromatic rings. The second-order valence-electron chi connectivity index (χ2n) is 5.68. The van der Waals surface area contributed by atoms with Crippen LogP contribution in [0.25, 0.3) is 0 Å². The van der Waals surface area contributed by atoms with E-state index in [1.807, 2.05) is 23.1 Å². The van der Waals surface area contributed by atoms with Gasteiger partial charge in [-0.1, -0.05) is 45.3 Å². The molecule has 1 amide bonds. The summed E-state index contributed by atoms with van der Waals surface area (Å²) in [6.07, 6.45) is 6.28. The number of nitrogens with zero attached hydrogens (tertiary/aromatic N) is 1. The number of halogens is 1. The van der Waals surface area contributed by atoms with Crippen molar-refractivity contribution in [2.75, 3.05) is 13.1 Å². The summed E-state index contributed by atoms with van der Waals surface area (Å²) in [4.78, 5) is 14.3. The molecule has 0 radical (unpaired) electrons. The Bertz CT molecular complexity index is 534. The summed E-state index contributed by atoms with van der Waals surface area (Å²) in [5, 5.41) is 0. The Balaban J connectivity index is 1.50. The van der Waals surface area contributed by atoms with Crippen LogP contribution in [0.2, 0.25) is 0 Å². The molecule has 0 atom stereocenters. The Labute approximate surface area is 129 Å². The average Bonchev–Trinajstić information content (AvgIpc) is 3.31. The summed E-state index contributed by atoms with van der Waals surface area (Å²) in [5.41, 5.74) is 4.53. The monoisotopic (exact) mass is 333 g/mol. The van der Waals surface area contributed by atoms with E-state index >= 15 is 0 Å². The van der Waals surface area contributed by atoms with Crippen molar-refractivity contribution in [2.24, 2.45) is 0 Å². The maximum Gasteiger partial charge on any atom is 0.222 e. The highest BCUT2D eigenvalue weighted by atomic mass is 79.9. The average molecular weight is 334 g/mol. The lowest BCUT2D eigenvalue weighted by atomic mass is 10.0. The van der Waals surface area contributed by atoms with Gasteiger partial charge >= 0.3 is 0 Å². The zero-order valence-corrected chi connectivity index (χ0v) is 13.3. The minimum Gasteiger partial charge on any atom is -0.342 e. The van der Waals surface area contributed by atoms with E-state index in [9.17, 15) is 4.79 Å². The molecule has 1 saturated heterocycles. The minimum absolute atomic E-state index is 0.306. The van der Waals surface area contributed by atoms with E-state index in [1.54, 1.807) is 11.1 Å². The van der Waals surface area contributed by atoms with E-state index in [2.05, 4.69) is 22.0 Å². The summed E-state index contributed by atoms with van der Waals surface area (Å²) in [5.74, 6) is 0.306. The Hall–Kier alpha value is -1.09. The Kier molecular flexibility index (Phi) is 4.25. The molecule has 0 N–H and O–H groups in total. The van der Waals surface area contributed by atoms with Gasteiger partial charge in [0.05, 0.1) is 0 Å². The molecule has 3 rings (SSSR count). The first-order chi connectivity index (χ1) is 9.74. The van der Waals surface area contributed by atoms with Crippen LogP contribution in [-0.4, -0.2) is 23.9 Å². The topological polar surface area (TPSA) is 20.3 Å². The summed E-state index contributed by atoms with van der Waals surface area (Å²) < 4.78 is 1.10. The highest BCUT2D eigenvalue weighted by Gasteiger charge is 2.24. The van der Waals surface area contributed by atoms with Gasteiger partial charge in [-0.2, -0.15) is 0 Å². The molecule has 2 fully saturated rings. The predicted molar refractivity (Wildman–Crippen MR) is 84.5 cm³/mol. The zero-order chi connectivity index (χ0) is 13.9. The van der Waals surface area contributed by atoms with Crippen LogP contribution in [-0.2, 0) is 11.2 Å². The van der Waals surface area contributed by atoms with Crippen LogP contribution < -0.4 is 0 Å². The summed E-state index contributed by atoms with van der Waals surface area (Å²) in [6, 6.07) is 8.16. The SMILES string of the molecule is O=C(CCc1ccccc1Br)N1CCC(=C2CC2)CC1. The van der Waals surface area contributed by atoms with Crippen LogP contribution in [0.1, 0.15) is 37.7 Å². The van der Waals surface area contributed by atoms with Gasteiger partial charge in [-0.05, 0) is 43.7 Å². The highest BCUT2D eigenvalue weighted by Crippen LogP contribution is 2.36. The molecule has 106 valence electrons. The Morgan fingerprint density at radius 1 is 1.05 bits per heavy atom. The van der Waals surface area contributed by atoms with Gasteiger partial charge in [0.25, 0.3) is 0 Å². The van der Waals surface area contributed by atoms with Gasteiger partial charge in [0, 0.05) is 24.0 Å². The van der Waals surface area contributed by atoms with E-state index in [-0.39, 0.29) is 0 Å². The number of carbonyl (C=O) groups excluding carboxylic acids is 1. The lowest BCUT2D eigenvalue weighted by molar-refractivity contribution is -0.131. The van der Waals surface area contributed by atoms with Crippen molar-refractivity contribution < 1.29 is 4.79 Å². The van der Waals surface area contributed by atoms with Crippen molar-refractivity contribution >= 4 is 21.8 Å². The fraction of sp³-hybridized carbons (Fsp3) is 0.471. The molecular formula is C17H20BrNO. The number of carbonyl (C=O) groups is 1. The second-order valence-corrected chi connectivity index (χ2v) is 6.53. The van der Waals surface area contributed by atoms with E-state index in [1.165, 1.54) is 18.4 Å². The van der Waals surface area contributed by atoms with Crippen molar-refractivity contribution in [3.8, 4) is 0 Å². The summed E-state index contributed by atoms with van der Waals surface area (Å²) in [7, 11) is 0. The molecule has 2 aliphatic rings. The van der Waals surface area contributed by atoms with Gasteiger partial charge in [-0.25, -0.2) is 0 Å². The molecule has 1 aliphatic carbocycles. The number of aryl methyl sites for hydroxylation is 1. The van der Waals surface area contributed by atoms with Crippen LogP contribution in [0.5, 0.6) is 0 Å². The lowest BCUT2D eigenvalue weighted by Gasteiger charge is -2.28. The third kappa shape index (κ3) is 3.32. The number of benzene rings is 1. The zero-order valence-electron chi connectivity index (χ0n) is 11.7. The first-order valence-corrected chi connectivity index (χ1v) is 8.24. The number of amides is 1. The third-order valence-electron chi connectivity index (χ3n) is 4.29. The van der Waals surface area contributed by atoms with Crippen molar-refractivity contribution in [3.63, 3.8) is 0 Å². The van der Waals surface area contributed by atoms with Gasteiger partial charge in [0.15, 0.2) is 0 Å². The van der Waals surface area contributed by atoms with Crippen LogP contribution in [0.3, 0.4) is 0 Å². The number of likely N-dealkylation sites (tertiary alicyclic amines) is 1. The van der Waals surface area contributed by atoms with Gasteiger partial charge in [-0.3, -0.25) is 4.79 Å². The van der Waals surface area contributed by atoms with Gasteiger partial charge in [0.1, 0.15) is 0 Å². The molecule has 0 spiro atoms. The van der Waals surface area contributed by atoms with Crippen molar-refractivity contribution in [2.45, 2.75) is 38.5 Å². The van der Waals surface area contributed by atoms with Crippen LogP contribution in [0.15, 0.2) is 39.9 Å². The number of rotatable bonds is 3. The van der Waals surface area contributed by atoms with Crippen LogP contribution >= 0.6 is 15.9 Å². The molecule has 20 heavy (non-hydrogen) atoms. The predicted octanol–water partition coefficient (Wildman–Crippen LogP) is 4.09. The van der Waals surface area contributed by atoms with Crippen molar-refractivity contribution in [3.05, 3.63) is 45.4 Å². The standard InChI is InChI=1S/C17H20BrNO/c18-16-4-2-1-3-15(16)7-8-17(20)19-11-9-14(10-12-19)13-5-6-13/h1-4H,5-12H2. The van der Waals surface area contributed by atoms with Gasteiger partial charge in [0.2, 0.25) is 5.91 Å². The maximum absolute atomic E-state index is 12.3. The van der Waals surface area contributed by atoms with E-state index in [0.717, 1.165) is 36.8 Å². The maximum atomic E-state index is 12.3. The fourth-order valence-electron chi connectivity index (χ4n) is 2.90. The van der Waals surface area contributed by atoms with E-state index < -0.39 is 0 Å². The molecule has 1 aliphatic heterocycles. The number of allylic oxidation sites excluding steroid dienone is 1. The molecular weight excluding hydrogens is 314 g/mol. The first kappa shape index (κ1) is 13.9. The fourth-order valence-corrected chi connectivity index (χ4v) is 3.38. The molecule has 1 saturated carbocycles. The smallest absolute Gasteiger partial charge is 0.222 e. The van der Waals surface area contributed by atoms with E-state index in [0.29, 0.717) is 12.3 Å². The Morgan fingerprint density at radius 3 is 2.35 bits per heavy atom. The molecule has 0 bridgehead atoms. The van der Waals surface area contributed by atoms with E-state index in [4.69, 9.17) is 0 Å². The molecule has 0 aromatic heterocycles. The van der Waals surface area contributed by atoms with Crippen molar-refractivity contribution in [1.82, 2.24) is 4.90 Å². The molecule has 1 heterocycles. The van der Waals surface area contributed by atoms with Crippen LogP contribution in [0.4, 0.5) is 0 Å². The minimum atomic E-state index is 0.306. The second kappa shape index (κ2) is 6.13. The summed E-state index contributed by atoms with van der Waals surface area (Å²) in [6.45, 7) is 1.85. The molecule has 0 unspecified atom stereocenters. The normalized spacial score (nSPS) is 18.4. The third-order valence-corrected chi connectivity index (χ3v) is 5.06. The number of piperidine rings is 1. The molecule has 1 aromatic carbocycles. The highest BCUT2D eigenvalue weighted by molar-refractivity contribution is 9.10. The Morgan fingerprint density at radius 2 is 1.70 bits per heavy atom. The lowest BCUT2D eigenvalue weighted by Crippen LogP contribution is -2.36. The largest absolute Gasteiger partial charge is 0.342 e. The number of hydrogen-bond acceptors (Lipinski definition) is 1. The van der Waals surface area contributed by atoms with Crippen molar-refractivity contribution in [1.29, 1.82) is 0 Å².